The highest BCUT2D eigenvalue weighted by Crippen LogP contribution is 2.26. The minimum atomic E-state index is -0.170. The van der Waals surface area contributed by atoms with Gasteiger partial charge in [0.2, 0.25) is 0 Å². The van der Waals surface area contributed by atoms with Crippen LogP contribution < -0.4 is 19.3 Å². The molecular formula is C32H32N2O4. The van der Waals surface area contributed by atoms with Crippen molar-refractivity contribution in [1.82, 2.24) is 0 Å². The summed E-state index contributed by atoms with van der Waals surface area (Å²) in [6.07, 6.45) is 0. The molecule has 6 heteroatoms. The Bertz CT molecular complexity index is 1320. The Labute approximate surface area is 224 Å². The first-order valence-corrected chi connectivity index (χ1v) is 12.5. The Morgan fingerprint density at radius 1 is 0.579 bits per heavy atom. The number of nitrogens with zero attached hydrogens (tertiary/aromatic N) is 2. The first-order chi connectivity index (χ1) is 18.4. The van der Waals surface area contributed by atoms with Gasteiger partial charge in [0.05, 0.1) is 14.2 Å². The zero-order valence-corrected chi connectivity index (χ0v) is 22.2. The molecule has 0 saturated heterocycles. The molecule has 0 aliphatic carbocycles. The van der Waals surface area contributed by atoms with Crippen LogP contribution in [0, 0.1) is 13.8 Å². The summed E-state index contributed by atoms with van der Waals surface area (Å²) in [6.45, 7) is 4.51. The molecule has 0 aliphatic rings. The maximum atomic E-state index is 13.9. The van der Waals surface area contributed by atoms with Gasteiger partial charge in [0.1, 0.15) is 11.5 Å². The van der Waals surface area contributed by atoms with E-state index >= 15 is 0 Å². The lowest BCUT2D eigenvalue weighted by molar-refractivity contribution is 0.0967. The third kappa shape index (κ3) is 5.86. The van der Waals surface area contributed by atoms with Crippen molar-refractivity contribution in [2.75, 3.05) is 37.1 Å². The van der Waals surface area contributed by atoms with Gasteiger partial charge in [-0.25, -0.2) is 0 Å². The highest BCUT2D eigenvalue weighted by atomic mass is 16.5. The van der Waals surface area contributed by atoms with E-state index in [0.717, 1.165) is 22.5 Å². The van der Waals surface area contributed by atoms with Crippen molar-refractivity contribution < 1.29 is 19.1 Å². The predicted octanol–water partition coefficient (Wildman–Crippen LogP) is 6.31. The highest BCUT2D eigenvalue weighted by molar-refractivity contribution is 6.08. The number of hydrogen-bond donors (Lipinski definition) is 0. The number of amides is 2. The molecule has 0 unspecified atom stereocenters. The van der Waals surface area contributed by atoms with Crippen LogP contribution in [0.25, 0.3) is 0 Å². The normalized spacial score (nSPS) is 10.5. The van der Waals surface area contributed by atoms with E-state index in [1.165, 1.54) is 0 Å². The maximum Gasteiger partial charge on any atom is 0.258 e. The molecule has 6 nitrogen and oxygen atoms in total. The third-order valence-corrected chi connectivity index (χ3v) is 6.48. The lowest BCUT2D eigenvalue weighted by atomic mass is 10.1. The molecule has 194 valence electrons. The van der Waals surface area contributed by atoms with E-state index in [9.17, 15) is 9.59 Å². The number of aryl methyl sites for hydroxylation is 2. The van der Waals surface area contributed by atoms with Crippen molar-refractivity contribution >= 4 is 23.2 Å². The second-order valence-corrected chi connectivity index (χ2v) is 8.95. The number of rotatable bonds is 9. The van der Waals surface area contributed by atoms with Gasteiger partial charge in [-0.05, 0) is 73.5 Å². The van der Waals surface area contributed by atoms with Crippen LogP contribution in [0.3, 0.4) is 0 Å². The second kappa shape index (κ2) is 12.1. The summed E-state index contributed by atoms with van der Waals surface area (Å²) in [5.41, 5.74) is 4.52. The lowest BCUT2D eigenvalue weighted by Crippen LogP contribution is -2.42. The SMILES string of the molecule is COc1cccc(C(=O)N(CCN(C(=O)c2cccc(OC)c2)c2ccccc2C)c2ccccc2C)c1. The van der Waals surface area contributed by atoms with Crippen molar-refractivity contribution in [2.45, 2.75) is 13.8 Å². The third-order valence-electron chi connectivity index (χ3n) is 6.48. The molecule has 0 aliphatic heterocycles. The van der Waals surface area contributed by atoms with Crippen molar-refractivity contribution in [3.63, 3.8) is 0 Å². The molecule has 0 spiro atoms. The van der Waals surface area contributed by atoms with E-state index in [0.29, 0.717) is 22.6 Å². The van der Waals surface area contributed by atoms with Gasteiger partial charge in [0.25, 0.3) is 11.8 Å². The Kier molecular flexibility index (Phi) is 8.44. The van der Waals surface area contributed by atoms with Crippen LogP contribution in [0.4, 0.5) is 11.4 Å². The molecule has 0 radical (unpaired) electrons. The monoisotopic (exact) mass is 508 g/mol. The van der Waals surface area contributed by atoms with Gasteiger partial charge in [-0.1, -0.05) is 48.5 Å². The number of carbonyl (C=O) groups is 2. The van der Waals surface area contributed by atoms with Crippen LogP contribution in [0.2, 0.25) is 0 Å². The number of carbonyl (C=O) groups excluding carboxylic acids is 2. The Morgan fingerprint density at radius 3 is 1.34 bits per heavy atom. The molecule has 2 amide bonds. The van der Waals surface area contributed by atoms with Crippen molar-refractivity contribution in [3.8, 4) is 11.5 Å². The average Bonchev–Trinajstić information content (AvgIpc) is 2.96. The molecular weight excluding hydrogens is 476 g/mol. The summed E-state index contributed by atoms with van der Waals surface area (Å²) < 4.78 is 10.7. The van der Waals surface area contributed by atoms with E-state index in [1.807, 2.05) is 74.5 Å². The zero-order valence-electron chi connectivity index (χ0n) is 22.2. The minimum absolute atomic E-state index is 0.170. The molecule has 0 N–H and O–H groups in total. The molecule has 4 aromatic carbocycles. The van der Waals surface area contributed by atoms with Gasteiger partial charge in [-0.15, -0.1) is 0 Å². The fourth-order valence-electron chi connectivity index (χ4n) is 4.42. The molecule has 0 fully saturated rings. The lowest BCUT2D eigenvalue weighted by Gasteiger charge is -2.30. The molecule has 4 aromatic rings. The van der Waals surface area contributed by atoms with E-state index in [4.69, 9.17) is 9.47 Å². The Hall–Kier alpha value is -4.58. The molecule has 4 rings (SSSR count). The second-order valence-electron chi connectivity index (χ2n) is 8.95. The molecule has 0 saturated carbocycles. The topological polar surface area (TPSA) is 59.1 Å². The summed E-state index contributed by atoms with van der Waals surface area (Å²) in [7, 11) is 3.15. The van der Waals surface area contributed by atoms with Crippen molar-refractivity contribution in [3.05, 3.63) is 119 Å². The average molecular weight is 509 g/mol. The molecule has 0 aromatic heterocycles. The number of hydrogen-bond acceptors (Lipinski definition) is 4. The summed E-state index contributed by atoms with van der Waals surface area (Å²) in [6, 6.07) is 29.7. The first-order valence-electron chi connectivity index (χ1n) is 12.5. The van der Waals surface area contributed by atoms with E-state index in [-0.39, 0.29) is 24.9 Å². The fraction of sp³-hybridized carbons (Fsp3) is 0.188. The van der Waals surface area contributed by atoms with Crippen molar-refractivity contribution in [1.29, 1.82) is 0 Å². The van der Waals surface area contributed by atoms with E-state index in [2.05, 4.69) is 0 Å². The molecule has 0 heterocycles. The number of methoxy groups -OCH3 is 2. The largest absolute Gasteiger partial charge is 0.497 e. The van der Waals surface area contributed by atoms with Gasteiger partial charge in [0.15, 0.2) is 0 Å². The van der Waals surface area contributed by atoms with Crippen LogP contribution in [0.5, 0.6) is 11.5 Å². The predicted molar refractivity (Wildman–Crippen MR) is 152 cm³/mol. The number of para-hydroxylation sites is 2. The quantitative estimate of drug-likeness (QED) is 0.266. The van der Waals surface area contributed by atoms with Gasteiger partial charge in [-0.2, -0.15) is 0 Å². The number of benzene rings is 4. The fourth-order valence-corrected chi connectivity index (χ4v) is 4.42. The molecule has 0 atom stereocenters. The van der Waals surface area contributed by atoms with E-state index in [1.54, 1.807) is 60.4 Å². The first kappa shape index (κ1) is 26.5. The summed E-state index contributed by atoms with van der Waals surface area (Å²) in [5.74, 6) is 0.874. The van der Waals surface area contributed by atoms with Crippen LogP contribution in [0.15, 0.2) is 97.1 Å². The highest BCUT2D eigenvalue weighted by Gasteiger charge is 2.25. The van der Waals surface area contributed by atoms with Crippen LogP contribution >= 0.6 is 0 Å². The number of ether oxygens (including phenoxy) is 2. The standard InChI is InChI=1S/C32H32N2O4/c1-23-11-5-7-17-29(23)33(31(35)25-13-9-15-27(21-25)37-3)19-20-34(30-18-8-6-12-24(30)2)32(36)26-14-10-16-28(22-26)38-4/h5-18,21-22H,19-20H2,1-4H3. The van der Waals surface area contributed by atoms with Crippen LogP contribution in [0.1, 0.15) is 31.8 Å². The van der Waals surface area contributed by atoms with Gasteiger partial charge in [-0.3, -0.25) is 9.59 Å². The number of anilines is 2. The van der Waals surface area contributed by atoms with Crippen LogP contribution in [-0.4, -0.2) is 39.1 Å². The smallest absolute Gasteiger partial charge is 0.258 e. The molecule has 0 bridgehead atoms. The minimum Gasteiger partial charge on any atom is -0.497 e. The van der Waals surface area contributed by atoms with Crippen LogP contribution in [-0.2, 0) is 0 Å². The molecule has 38 heavy (non-hydrogen) atoms. The zero-order chi connectivity index (χ0) is 27.1. The summed E-state index contributed by atoms with van der Waals surface area (Å²) in [4.78, 5) is 31.2. The summed E-state index contributed by atoms with van der Waals surface area (Å²) >= 11 is 0. The Morgan fingerprint density at radius 2 is 0.974 bits per heavy atom. The van der Waals surface area contributed by atoms with Crippen molar-refractivity contribution in [2.24, 2.45) is 0 Å². The Balaban J connectivity index is 1.72. The van der Waals surface area contributed by atoms with E-state index < -0.39 is 0 Å². The van der Waals surface area contributed by atoms with Gasteiger partial charge < -0.3 is 19.3 Å². The maximum absolute atomic E-state index is 13.9. The van der Waals surface area contributed by atoms with Gasteiger partial charge in [0, 0.05) is 35.6 Å². The van der Waals surface area contributed by atoms with Gasteiger partial charge >= 0.3 is 0 Å². The summed E-state index contributed by atoms with van der Waals surface area (Å²) in [5, 5.41) is 0.